The van der Waals surface area contributed by atoms with Crippen LogP contribution in [-0.2, 0) is 10.0 Å². The molecule has 0 spiro atoms. The highest BCUT2D eigenvalue weighted by molar-refractivity contribution is 7.89. The predicted octanol–water partition coefficient (Wildman–Crippen LogP) is 1.76. The minimum atomic E-state index is -3.94. The number of hydrogen-bond acceptors (Lipinski definition) is 3. The van der Waals surface area contributed by atoms with Gasteiger partial charge in [0.1, 0.15) is 4.90 Å². The Hall–Kier alpha value is -1.11. The van der Waals surface area contributed by atoms with Crippen molar-refractivity contribution in [3.63, 3.8) is 0 Å². The Morgan fingerprint density at radius 3 is 2.60 bits per heavy atom. The highest BCUT2D eigenvalue weighted by Gasteiger charge is 2.45. The van der Waals surface area contributed by atoms with E-state index in [0.717, 1.165) is 6.42 Å². The molecule has 0 radical (unpaired) electrons. The van der Waals surface area contributed by atoms with E-state index in [2.05, 4.69) is 19.2 Å². The summed E-state index contributed by atoms with van der Waals surface area (Å²) in [6, 6.07) is 4.03. The third kappa shape index (κ3) is 3.31. The molecule has 0 aromatic heterocycles. The lowest BCUT2D eigenvalue weighted by Gasteiger charge is -2.08. The van der Waals surface area contributed by atoms with Gasteiger partial charge in [-0.1, -0.05) is 25.4 Å². The molecule has 1 unspecified atom stereocenters. The number of rotatable bonds is 4. The molecule has 1 aromatic rings. The quantitative estimate of drug-likeness (QED) is 0.887. The molecule has 2 rings (SSSR count). The van der Waals surface area contributed by atoms with Crippen LogP contribution < -0.4 is 10.5 Å². The summed E-state index contributed by atoms with van der Waals surface area (Å²) in [4.78, 5) is 11.8. The lowest BCUT2D eigenvalue weighted by atomic mass is 10.1. The number of nitrogens with one attached hydrogen (secondary N) is 1. The molecule has 7 heteroatoms. The number of carbonyl (C=O) groups excluding carboxylic acids is 1. The minimum absolute atomic E-state index is 0.00683. The zero-order chi connectivity index (χ0) is 15.1. The molecule has 0 heterocycles. The van der Waals surface area contributed by atoms with E-state index in [0.29, 0.717) is 12.5 Å². The lowest BCUT2D eigenvalue weighted by molar-refractivity contribution is 0.0950. The molecule has 1 fully saturated rings. The van der Waals surface area contributed by atoms with Crippen LogP contribution in [-0.4, -0.2) is 20.9 Å². The Bertz CT molecular complexity index is 656. The number of primary sulfonamides is 1. The standard InChI is InChI=1S/C13H17ClN2O3S/c1-13(2)6-9(13)7-16-12(17)8-3-4-10(14)11(5-8)20(15,18)19/h3-5,9H,6-7H2,1-2H3,(H,16,17)(H2,15,18,19). The molecule has 110 valence electrons. The number of hydrogen-bond donors (Lipinski definition) is 2. The first-order valence-corrected chi connectivity index (χ1v) is 8.14. The van der Waals surface area contributed by atoms with Gasteiger partial charge in [0.15, 0.2) is 0 Å². The molecule has 20 heavy (non-hydrogen) atoms. The van der Waals surface area contributed by atoms with Crippen LogP contribution in [0.3, 0.4) is 0 Å². The van der Waals surface area contributed by atoms with Crippen molar-refractivity contribution in [1.82, 2.24) is 5.32 Å². The van der Waals surface area contributed by atoms with Gasteiger partial charge >= 0.3 is 0 Å². The summed E-state index contributed by atoms with van der Waals surface area (Å²) >= 11 is 5.77. The number of benzene rings is 1. The van der Waals surface area contributed by atoms with E-state index in [4.69, 9.17) is 16.7 Å². The monoisotopic (exact) mass is 316 g/mol. The summed E-state index contributed by atoms with van der Waals surface area (Å²) in [5.74, 6) is 0.144. The SMILES string of the molecule is CC1(C)CC1CNC(=O)c1ccc(Cl)c(S(N)(=O)=O)c1. The van der Waals surface area contributed by atoms with Crippen molar-refractivity contribution in [2.45, 2.75) is 25.2 Å². The van der Waals surface area contributed by atoms with Gasteiger partial charge in [-0.15, -0.1) is 0 Å². The number of sulfonamides is 1. The third-order valence-electron chi connectivity index (χ3n) is 3.73. The zero-order valence-electron chi connectivity index (χ0n) is 11.3. The molecule has 1 aliphatic carbocycles. The predicted molar refractivity (Wildman–Crippen MR) is 77.0 cm³/mol. The van der Waals surface area contributed by atoms with E-state index in [1.54, 1.807) is 0 Å². The largest absolute Gasteiger partial charge is 0.352 e. The van der Waals surface area contributed by atoms with Crippen molar-refractivity contribution < 1.29 is 13.2 Å². The van der Waals surface area contributed by atoms with E-state index in [1.807, 2.05) is 0 Å². The summed E-state index contributed by atoms with van der Waals surface area (Å²) in [5, 5.41) is 7.85. The van der Waals surface area contributed by atoms with E-state index < -0.39 is 10.0 Å². The van der Waals surface area contributed by atoms with Crippen molar-refractivity contribution in [2.75, 3.05) is 6.54 Å². The molecule has 1 amide bonds. The Morgan fingerprint density at radius 2 is 2.10 bits per heavy atom. The van der Waals surface area contributed by atoms with Crippen LogP contribution >= 0.6 is 11.6 Å². The first-order chi connectivity index (χ1) is 9.11. The topological polar surface area (TPSA) is 89.3 Å². The Labute approximate surface area is 123 Å². The zero-order valence-corrected chi connectivity index (χ0v) is 12.9. The molecule has 3 N–H and O–H groups in total. The molecule has 1 aliphatic rings. The van der Waals surface area contributed by atoms with Crippen LogP contribution in [0.1, 0.15) is 30.6 Å². The van der Waals surface area contributed by atoms with E-state index in [-0.39, 0.29) is 26.8 Å². The maximum Gasteiger partial charge on any atom is 0.251 e. The van der Waals surface area contributed by atoms with Crippen LogP contribution in [0.15, 0.2) is 23.1 Å². The maximum absolute atomic E-state index is 12.0. The number of halogens is 1. The Balaban J connectivity index is 2.11. The van der Waals surface area contributed by atoms with Gasteiger partial charge in [0.05, 0.1) is 5.02 Å². The fourth-order valence-corrected chi connectivity index (χ4v) is 3.18. The Morgan fingerprint density at radius 1 is 1.50 bits per heavy atom. The third-order valence-corrected chi connectivity index (χ3v) is 5.12. The van der Waals surface area contributed by atoms with E-state index in [9.17, 15) is 13.2 Å². The second-order valence-electron chi connectivity index (χ2n) is 5.79. The van der Waals surface area contributed by atoms with Gasteiger partial charge in [-0.3, -0.25) is 4.79 Å². The maximum atomic E-state index is 12.0. The summed E-state index contributed by atoms with van der Waals surface area (Å²) < 4.78 is 22.7. The number of nitrogens with two attached hydrogens (primary N) is 1. The molecule has 1 saturated carbocycles. The number of carbonyl (C=O) groups is 1. The van der Waals surface area contributed by atoms with Crippen LogP contribution in [0.4, 0.5) is 0 Å². The van der Waals surface area contributed by atoms with Crippen LogP contribution in [0.5, 0.6) is 0 Å². The van der Waals surface area contributed by atoms with E-state index >= 15 is 0 Å². The van der Waals surface area contributed by atoms with Crippen LogP contribution in [0, 0.1) is 11.3 Å². The van der Waals surface area contributed by atoms with E-state index in [1.165, 1.54) is 18.2 Å². The highest BCUT2D eigenvalue weighted by atomic mass is 35.5. The summed E-state index contributed by atoms with van der Waals surface area (Å²) in [6.07, 6.45) is 1.08. The first-order valence-electron chi connectivity index (χ1n) is 6.22. The average molecular weight is 317 g/mol. The second kappa shape index (κ2) is 5.02. The first kappa shape index (κ1) is 15.3. The Kier molecular flexibility index (Phi) is 3.83. The molecule has 0 bridgehead atoms. The van der Waals surface area contributed by atoms with Gasteiger partial charge in [0.2, 0.25) is 10.0 Å². The average Bonchev–Trinajstić information content (AvgIpc) is 2.93. The number of amides is 1. The van der Waals surface area contributed by atoms with Crippen molar-refractivity contribution >= 4 is 27.5 Å². The highest BCUT2D eigenvalue weighted by Crippen LogP contribution is 2.50. The van der Waals surface area contributed by atoms with Gasteiger partial charge in [0, 0.05) is 12.1 Å². The summed E-state index contributed by atoms with van der Waals surface area (Å²) in [6.45, 7) is 4.87. The van der Waals surface area contributed by atoms with Crippen LogP contribution in [0.2, 0.25) is 5.02 Å². The molecule has 1 aromatic carbocycles. The van der Waals surface area contributed by atoms with Gasteiger partial charge in [-0.05, 0) is 36.0 Å². The molecule has 5 nitrogen and oxygen atoms in total. The molecule has 0 saturated heterocycles. The van der Waals surface area contributed by atoms with Crippen LogP contribution in [0.25, 0.3) is 0 Å². The van der Waals surface area contributed by atoms with Gasteiger partial charge < -0.3 is 5.32 Å². The molecule has 0 aliphatic heterocycles. The second-order valence-corrected chi connectivity index (χ2v) is 7.73. The van der Waals surface area contributed by atoms with Crippen molar-refractivity contribution in [2.24, 2.45) is 16.5 Å². The summed E-state index contributed by atoms with van der Waals surface area (Å²) in [7, 11) is -3.94. The fraction of sp³-hybridized carbons (Fsp3) is 0.462. The van der Waals surface area contributed by atoms with Gasteiger partial charge in [-0.2, -0.15) is 0 Å². The smallest absolute Gasteiger partial charge is 0.251 e. The molecular formula is C13H17ClN2O3S. The molecule has 1 atom stereocenters. The fourth-order valence-electron chi connectivity index (χ4n) is 2.11. The van der Waals surface area contributed by atoms with Crippen molar-refractivity contribution in [3.8, 4) is 0 Å². The minimum Gasteiger partial charge on any atom is -0.352 e. The van der Waals surface area contributed by atoms with Gasteiger partial charge in [0.25, 0.3) is 5.91 Å². The molecular weight excluding hydrogens is 300 g/mol. The van der Waals surface area contributed by atoms with Gasteiger partial charge in [-0.25, -0.2) is 13.6 Å². The summed E-state index contributed by atoms with van der Waals surface area (Å²) in [5.41, 5.74) is 0.510. The van der Waals surface area contributed by atoms with Crippen molar-refractivity contribution in [1.29, 1.82) is 0 Å². The lowest BCUT2D eigenvalue weighted by Crippen LogP contribution is -2.27. The van der Waals surface area contributed by atoms with Crippen molar-refractivity contribution in [3.05, 3.63) is 28.8 Å². The normalized spacial score (nSPS) is 20.5.